The molecule has 1 saturated heterocycles. The summed E-state index contributed by atoms with van der Waals surface area (Å²) >= 11 is 0. The van der Waals surface area contributed by atoms with Crippen LogP contribution in [0.3, 0.4) is 0 Å². The Balaban J connectivity index is 1.22. The number of ether oxygens (including phenoxy) is 2. The van der Waals surface area contributed by atoms with Gasteiger partial charge in [0.15, 0.2) is 0 Å². The van der Waals surface area contributed by atoms with Crippen LogP contribution in [0.15, 0.2) is 66.9 Å². The molecule has 0 radical (unpaired) electrons. The summed E-state index contributed by atoms with van der Waals surface area (Å²) in [5.74, 6) is 0.253. The van der Waals surface area contributed by atoms with E-state index >= 15 is 0 Å². The van der Waals surface area contributed by atoms with Crippen LogP contribution in [0.25, 0.3) is 11.0 Å². The number of hydrogen-bond donors (Lipinski definition) is 0. The van der Waals surface area contributed by atoms with Crippen molar-refractivity contribution in [3.8, 4) is 11.5 Å². The molecule has 4 aromatic rings. The Morgan fingerprint density at radius 2 is 1.58 bits per heavy atom. The third-order valence-electron chi connectivity index (χ3n) is 6.13. The van der Waals surface area contributed by atoms with Gasteiger partial charge in [-0.3, -0.25) is 9.78 Å². The number of aromatic nitrogens is 2. The Bertz CT molecular complexity index is 1450. The molecule has 38 heavy (non-hydrogen) atoms. The van der Waals surface area contributed by atoms with E-state index in [-0.39, 0.29) is 24.2 Å². The van der Waals surface area contributed by atoms with Gasteiger partial charge in [-0.05, 0) is 47.5 Å². The van der Waals surface area contributed by atoms with Crippen molar-refractivity contribution >= 4 is 22.6 Å². The van der Waals surface area contributed by atoms with Gasteiger partial charge in [0.2, 0.25) is 0 Å². The van der Waals surface area contributed by atoms with E-state index in [0.717, 1.165) is 30.5 Å². The highest BCUT2D eigenvalue weighted by Gasteiger charge is 2.34. The lowest BCUT2D eigenvalue weighted by atomic mass is 10.0. The Morgan fingerprint density at radius 1 is 0.895 bits per heavy atom. The Kier molecular flexibility index (Phi) is 7.24. The Labute approximate surface area is 215 Å². The highest BCUT2D eigenvalue weighted by molar-refractivity contribution is 5.83. The van der Waals surface area contributed by atoms with Crippen molar-refractivity contribution in [3.63, 3.8) is 0 Å². The van der Waals surface area contributed by atoms with E-state index in [1.807, 2.05) is 12.1 Å². The molecule has 6 nitrogen and oxygen atoms in total. The number of halogens is 4. The first-order valence-corrected chi connectivity index (χ1v) is 12.0. The van der Waals surface area contributed by atoms with Gasteiger partial charge in [0.05, 0.1) is 36.0 Å². The predicted molar refractivity (Wildman–Crippen MR) is 133 cm³/mol. The van der Waals surface area contributed by atoms with Gasteiger partial charge in [-0.1, -0.05) is 18.2 Å². The van der Waals surface area contributed by atoms with Crippen molar-refractivity contribution in [2.75, 3.05) is 31.2 Å². The van der Waals surface area contributed by atoms with Crippen LogP contribution in [0, 0.1) is 5.82 Å². The maximum atomic E-state index is 13.5. The topological polar surface area (TPSA) is 64.5 Å². The normalized spacial score (nSPS) is 14.1. The number of benzene rings is 3. The zero-order chi connectivity index (χ0) is 26.7. The molecule has 10 heteroatoms. The van der Waals surface area contributed by atoms with E-state index < -0.39 is 17.6 Å². The third-order valence-corrected chi connectivity index (χ3v) is 6.13. The summed E-state index contributed by atoms with van der Waals surface area (Å²) in [6, 6.07) is 14.9. The Hall–Kier alpha value is -4.05. The average molecular weight is 526 g/mol. The predicted octanol–water partition coefficient (Wildman–Crippen LogP) is 5.77. The number of alkyl halides is 3. The fourth-order valence-electron chi connectivity index (χ4n) is 4.22. The second kappa shape index (κ2) is 10.7. The van der Waals surface area contributed by atoms with Crippen LogP contribution in [0.1, 0.15) is 16.7 Å². The van der Waals surface area contributed by atoms with Gasteiger partial charge in [-0.2, -0.15) is 13.2 Å². The van der Waals surface area contributed by atoms with Gasteiger partial charge >= 0.3 is 6.18 Å². The number of ketones is 1. The molecule has 1 aliphatic heterocycles. The van der Waals surface area contributed by atoms with Crippen LogP contribution >= 0.6 is 0 Å². The molecule has 196 valence electrons. The number of carbonyl (C=O) groups excluding carboxylic acids is 1. The van der Waals surface area contributed by atoms with Crippen molar-refractivity contribution in [3.05, 3.63) is 89.4 Å². The summed E-state index contributed by atoms with van der Waals surface area (Å²) in [5.41, 5.74) is 0.858. The maximum Gasteiger partial charge on any atom is 0.419 e. The van der Waals surface area contributed by atoms with Crippen molar-refractivity contribution in [2.24, 2.45) is 0 Å². The van der Waals surface area contributed by atoms with Crippen LogP contribution in [-0.4, -0.2) is 42.1 Å². The molecule has 1 aliphatic rings. The number of rotatable bonds is 7. The highest BCUT2D eigenvalue weighted by Crippen LogP contribution is 2.32. The fourth-order valence-corrected chi connectivity index (χ4v) is 4.22. The first kappa shape index (κ1) is 25.6. The SMILES string of the molecule is O=C(Cc1ccc(Oc2ccc3ncc(N4CCOCC4)nc3c2)cc1)Cc1ccc(F)c(C(F)(F)F)c1. The minimum atomic E-state index is -4.82. The van der Waals surface area contributed by atoms with Crippen LogP contribution in [0.2, 0.25) is 0 Å². The molecule has 0 atom stereocenters. The van der Waals surface area contributed by atoms with Gasteiger partial charge in [-0.25, -0.2) is 9.37 Å². The summed E-state index contributed by atoms with van der Waals surface area (Å²) < 4.78 is 63.6. The Morgan fingerprint density at radius 3 is 2.32 bits per heavy atom. The molecule has 0 aliphatic carbocycles. The first-order chi connectivity index (χ1) is 18.2. The molecule has 1 aromatic heterocycles. The largest absolute Gasteiger partial charge is 0.457 e. The van der Waals surface area contributed by atoms with E-state index in [4.69, 9.17) is 14.5 Å². The number of nitrogens with zero attached hydrogens (tertiary/aromatic N) is 3. The van der Waals surface area contributed by atoms with Crippen LogP contribution in [-0.2, 0) is 28.5 Å². The second-order valence-corrected chi connectivity index (χ2v) is 8.93. The number of anilines is 1. The summed E-state index contributed by atoms with van der Waals surface area (Å²) in [7, 11) is 0. The van der Waals surface area contributed by atoms with Crippen LogP contribution < -0.4 is 9.64 Å². The summed E-state index contributed by atoms with van der Waals surface area (Å²) in [5, 5.41) is 0. The van der Waals surface area contributed by atoms with E-state index in [9.17, 15) is 22.4 Å². The van der Waals surface area contributed by atoms with Gasteiger partial charge < -0.3 is 14.4 Å². The first-order valence-electron chi connectivity index (χ1n) is 12.0. The van der Waals surface area contributed by atoms with E-state index in [1.165, 1.54) is 6.07 Å². The van der Waals surface area contributed by atoms with Crippen molar-refractivity contribution in [1.29, 1.82) is 0 Å². The van der Waals surface area contributed by atoms with Gasteiger partial charge in [0, 0.05) is 32.0 Å². The van der Waals surface area contributed by atoms with E-state index in [2.05, 4.69) is 9.88 Å². The molecule has 1 fully saturated rings. The van der Waals surface area contributed by atoms with E-state index in [0.29, 0.717) is 41.9 Å². The van der Waals surface area contributed by atoms with Crippen LogP contribution in [0.4, 0.5) is 23.4 Å². The number of fused-ring (bicyclic) bond motifs is 1. The molecule has 2 heterocycles. The van der Waals surface area contributed by atoms with Gasteiger partial charge in [-0.15, -0.1) is 0 Å². The van der Waals surface area contributed by atoms with Crippen LogP contribution in [0.5, 0.6) is 11.5 Å². The molecule has 0 spiro atoms. The summed E-state index contributed by atoms with van der Waals surface area (Å²) in [4.78, 5) is 23.8. The number of hydrogen-bond acceptors (Lipinski definition) is 6. The lowest BCUT2D eigenvalue weighted by Gasteiger charge is -2.27. The summed E-state index contributed by atoms with van der Waals surface area (Å²) in [6.07, 6.45) is -3.28. The molecule has 3 aromatic carbocycles. The summed E-state index contributed by atoms with van der Waals surface area (Å²) in [6.45, 7) is 2.80. The zero-order valence-corrected chi connectivity index (χ0v) is 20.2. The monoisotopic (exact) mass is 525 g/mol. The zero-order valence-electron chi connectivity index (χ0n) is 20.2. The van der Waals surface area contributed by atoms with Crippen molar-refractivity contribution in [2.45, 2.75) is 19.0 Å². The smallest absolute Gasteiger partial charge is 0.419 e. The van der Waals surface area contributed by atoms with Gasteiger partial charge in [0.1, 0.15) is 28.9 Å². The maximum absolute atomic E-state index is 13.5. The molecule has 0 saturated carbocycles. The molecule has 0 unspecified atom stereocenters. The van der Waals surface area contributed by atoms with Crippen molar-refractivity contribution < 1.29 is 31.8 Å². The molecular weight excluding hydrogens is 502 g/mol. The molecule has 5 rings (SSSR count). The second-order valence-electron chi connectivity index (χ2n) is 8.93. The quantitative estimate of drug-likeness (QED) is 0.286. The minimum absolute atomic E-state index is 0.0227. The van der Waals surface area contributed by atoms with Gasteiger partial charge in [0.25, 0.3) is 0 Å². The highest BCUT2D eigenvalue weighted by atomic mass is 19.4. The number of carbonyl (C=O) groups is 1. The molecule has 0 N–H and O–H groups in total. The average Bonchev–Trinajstić information content (AvgIpc) is 2.90. The minimum Gasteiger partial charge on any atom is -0.457 e. The molecule has 0 bridgehead atoms. The molecular formula is C28H23F4N3O3. The molecule has 0 amide bonds. The number of morpholine rings is 1. The lowest BCUT2D eigenvalue weighted by Crippen LogP contribution is -2.36. The fraction of sp³-hybridized carbons (Fsp3) is 0.250. The number of Topliss-reactive ketones (excluding diaryl/α,β-unsaturated/α-hetero) is 1. The van der Waals surface area contributed by atoms with Crippen molar-refractivity contribution in [1.82, 2.24) is 9.97 Å². The third kappa shape index (κ3) is 6.08. The standard InChI is InChI=1S/C28H23F4N3O3/c29-24-7-3-19(15-23(24)28(30,31)32)14-20(36)13-18-1-4-21(5-2-18)38-22-6-8-25-26(16-22)34-27(17-33-25)35-9-11-37-12-10-35/h1-8,15-17H,9-14H2. The van der Waals surface area contributed by atoms with E-state index in [1.54, 1.807) is 36.5 Å². The lowest BCUT2D eigenvalue weighted by molar-refractivity contribution is -0.140.